The first kappa shape index (κ1) is 17.5. The molecule has 0 amide bonds. The summed E-state index contributed by atoms with van der Waals surface area (Å²) in [5, 5.41) is 0.751. The van der Waals surface area contributed by atoms with Gasteiger partial charge < -0.3 is 14.0 Å². The molecule has 0 bridgehead atoms. The number of para-hydroxylation sites is 2. The highest BCUT2D eigenvalue weighted by Gasteiger charge is 2.21. The van der Waals surface area contributed by atoms with E-state index in [1.54, 1.807) is 14.0 Å². The molecule has 7 nitrogen and oxygen atoms in total. The van der Waals surface area contributed by atoms with Crippen LogP contribution in [-0.4, -0.2) is 38.6 Å². The summed E-state index contributed by atoms with van der Waals surface area (Å²) in [4.78, 5) is 21.7. The Hall–Kier alpha value is -2.93. The van der Waals surface area contributed by atoms with Crippen molar-refractivity contribution in [2.45, 2.75) is 33.2 Å². The van der Waals surface area contributed by atoms with Crippen molar-refractivity contribution in [3.63, 3.8) is 0 Å². The van der Waals surface area contributed by atoms with Crippen LogP contribution in [0.25, 0.3) is 27.7 Å². The van der Waals surface area contributed by atoms with Gasteiger partial charge in [-0.25, -0.2) is 9.97 Å². The lowest BCUT2D eigenvalue weighted by Crippen LogP contribution is -2.06. The van der Waals surface area contributed by atoms with Gasteiger partial charge in [-0.15, -0.1) is 0 Å². The molecule has 0 aliphatic heterocycles. The molecule has 3 heterocycles. The normalized spacial score (nSPS) is 11.7. The van der Waals surface area contributed by atoms with Crippen molar-refractivity contribution in [2.75, 3.05) is 13.7 Å². The first-order chi connectivity index (χ1) is 13.2. The molecule has 4 rings (SSSR count). The lowest BCUT2D eigenvalue weighted by atomic mass is 10.3. The molecule has 0 atom stereocenters. The summed E-state index contributed by atoms with van der Waals surface area (Å²) in [6.45, 7) is 5.00. The molecule has 7 heteroatoms. The van der Waals surface area contributed by atoms with Crippen LogP contribution in [0.2, 0.25) is 0 Å². The summed E-state index contributed by atoms with van der Waals surface area (Å²) in [5.41, 5.74) is 3.40. The third-order valence-corrected chi connectivity index (χ3v) is 4.66. The van der Waals surface area contributed by atoms with E-state index < -0.39 is 0 Å². The molecule has 4 aromatic rings. The molecule has 0 aliphatic carbocycles. The predicted octanol–water partition coefficient (Wildman–Crippen LogP) is 3.36. The molecular formula is C20H22N4O3. The second kappa shape index (κ2) is 7.00. The monoisotopic (exact) mass is 366 g/mol. The number of rotatable bonds is 6. The van der Waals surface area contributed by atoms with Gasteiger partial charge in [0.1, 0.15) is 16.9 Å². The molecule has 1 aromatic carbocycles. The van der Waals surface area contributed by atoms with E-state index >= 15 is 0 Å². The van der Waals surface area contributed by atoms with Gasteiger partial charge in [0.15, 0.2) is 11.4 Å². The van der Waals surface area contributed by atoms with Crippen LogP contribution in [0.3, 0.4) is 0 Å². The number of esters is 1. The zero-order chi connectivity index (χ0) is 19.0. The summed E-state index contributed by atoms with van der Waals surface area (Å²) >= 11 is 0. The van der Waals surface area contributed by atoms with E-state index in [4.69, 9.17) is 19.4 Å². The van der Waals surface area contributed by atoms with Crippen LogP contribution in [0.1, 0.15) is 26.1 Å². The Bertz CT molecular complexity index is 1140. The quantitative estimate of drug-likeness (QED) is 0.489. The third kappa shape index (κ3) is 2.84. The molecule has 0 saturated carbocycles. The number of hydrogen-bond acceptors (Lipinski definition) is 5. The highest BCUT2D eigenvalue weighted by Crippen LogP contribution is 2.33. The molecular weight excluding hydrogens is 344 g/mol. The molecule has 140 valence electrons. The Morgan fingerprint density at radius 2 is 1.96 bits per heavy atom. The zero-order valence-corrected chi connectivity index (χ0v) is 15.7. The summed E-state index contributed by atoms with van der Waals surface area (Å²) in [5.74, 6) is 1.12. The van der Waals surface area contributed by atoms with Crippen molar-refractivity contribution in [1.29, 1.82) is 0 Å². The number of imidazole rings is 1. The lowest BCUT2D eigenvalue weighted by Gasteiger charge is -2.08. The molecule has 0 fully saturated rings. The fourth-order valence-electron chi connectivity index (χ4n) is 3.35. The van der Waals surface area contributed by atoms with Crippen molar-refractivity contribution in [3.05, 3.63) is 36.3 Å². The van der Waals surface area contributed by atoms with Crippen LogP contribution in [0.4, 0.5) is 0 Å². The molecule has 27 heavy (non-hydrogen) atoms. The van der Waals surface area contributed by atoms with E-state index in [-0.39, 0.29) is 5.97 Å². The number of carbonyl (C=O) groups excluding carboxylic acids is 1. The van der Waals surface area contributed by atoms with Gasteiger partial charge in [0, 0.05) is 32.7 Å². The van der Waals surface area contributed by atoms with E-state index in [0.717, 1.165) is 40.0 Å². The van der Waals surface area contributed by atoms with Crippen molar-refractivity contribution in [1.82, 2.24) is 18.9 Å². The highest BCUT2D eigenvalue weighted by molar-refractivity contribution is 6.00. The Morgan fingerprint density at radius 1 is 1.15 bits per heavy atom. The third-order valence-electron chi connectivity index (χ3n) is 4.66. The summed E-state index contributed by atoms with van der Waals surface area (Å²) in [6, 6.07) is 7.96. The smallest absolute Gasteiger partial charge is 0.310 e. The molecule has 0 unspecified atom stereocenters. The first-order valence-corrected chi connectivity index (χ1v) is 9.16. The van der Waals surface area contributed by atoms with Gasteiger partial charge in [-0.05, 0) is 12.1 Å². The number of hydrogen-bond donors (Lipinski definition) is 0. The second-order valence-electron chi connectivity index (χ2n) is 6.35. The number of aryl methyl sites for hydroxylation is 1. The van der Waals surface area contributed by atoms with Gasteiger partial charge in [-0.3, -0.25) is 9.20 Å². The fourth-order valence-corrected chi connectivity index (χ4v) is 3.35. The number of carbonyl (C=O) groups is 1. The van der Waals surface area contributed by atoms with Crippen LogP contribution in [0, 0.1) is 0 Å². The zero-order valence-electron chi connectivity index (χ0n) is 15.7. The van der Waals surface area contributed by atoms with Crippen LogP contribution >= 0.6 is 0 Å². The van der Waals surface area contributed by atoms with Gasteiger partial charge in [0.25, 0.3) is 0 Å². The first-order valence-electron chi connectivity index (χ1n) is 9.16. The minimum atomic E-state index is -0.283. The number of nitrogens with zero attached hydrogens (tertiary/aromatic N) is 4. The van der Waals surface area contributed by atoms with Crippen molar-refractivity contribution < 1.29 is 14.3 Å². The molecule has 0 aliphatic rings. The molecule has 0 N–H and O–H groups in total. The highest BCUT2D eigenvalue weighted by atomic mass is 16.5. The summed E-state index contributed by atoms with van der Waals surface area (Å²) < 4.78 is 14.9. The maximum atomic E-state index is 12.0. The van der Waals surface area contributed by atoms with Gasteiger partial charge in [-0.1, -0.05) is 26.0 Å². The van der Waals surface area contributed by atoms with E-state index in [0.29, 0.717) is 25.3 Å². The van der Waals surface area contributed by atoms with Crippen LogP contribution in [-0.2, 0) is 22.5 Å². The van der Waals surface area contributed by atoms with E-state index in [2.05, 4.69) is 11.3 Å². The Labute approximate surface area is 156 Å². The van der Waals surface area contributed by atoms with Gasteiger partial charge in [0.2, 0.25) is 0 Å². The number of fused-ring (bicyclic) bond motifs is 5. The van der Waals surface area contributed by atoms with Gasteiger partial charge in [0.05, 0.1) is 17.6 Å². The minimum absolute atomic E-state index is 0.283. The molecule has 0 spiro atoms. The number of benzene rings is 1. The van der Waals surface area contributed by atoms with Gasteiger partial charge >= 0.3 is 5.97 Å². The van der Waals surface area contributed by atoms with E-state index in [9.17, 15) is 4.79 Å². The number of ether oxygens (including phenoxy) is 2. The number of methoxy groups -OCH3 is 1. The molecule has 0 saturated heterocycles. The average molecular weight is 366 g/mol. The molecule has 3 aromatic heterocycles. The standard InChI is InChI=1S/C20H22N4O3/c1-4-16-22-19-18(20-21-13-8-6-7-9-14(13)24(16)20)15(27-17(25)5-2)12-23(19)10-11-26-3/h6-9,12H,4-5,10-11H2,1-3H3. The van der Waals surface area contributed by atoms with Crippen molar-refractivity contribution in [3.8, 4) is 5.75 Å². The number of aromatic nitrogens is 4. The Balaban J connectivity index is 2.08. The average Bonchev–Trinajstić information content (AvgIpc) is 3.23. The largest absolute Gasteiger partial charge is 0.424 e. The maximum absolute atomic E-state index is 12.0. The van der Waals surface area contributed by atoms with Crippen molar-refractivity contribution in [2.24, 2.45) is 0 Å². The lowest BCUT2D eigenvalue weighted by molar-refractivity contribution is -0.133. The maximum Gasteiger partial charge on any atom is 0.310 e. The summed E-state index contributed by atoms with van der Waals surface area (Å²) in [6.07, 6.45) is 2.88. The fraction of sp³-hybridized carbons (Fsp3) is 0.350. The van der Waals surface area contributed by atoms with Crippen LogP contribution in [0.15, 0.2) is 30.5 Å². The summed E-state index contributed by atoms with van der Waals surface area (Å²) in [7, 11) is 1.66. The Morgan fingerprint density at radius 3 is 2.70 bits per heavy atom. The van der Waals surface area contributed by atoms with Gasteiger partial charge in [-0.2, -0.15) is 0 Å². The van der Waals surface area contributed by atoms with E-state index in [1.807, 2.05) is 35.0 Å². The van der Waals surface area contributed by atoms with E-state index in [1.165, 1.54) is 0 Å². The SMILES string of the molecule is CCC(=O)Oc1cn(CCOC)c2nc(CC)n3c4ccccc4nc3c12. The van der Waals surface area contributed by atoms with Crippen molar-refractivity contribution >= 4 is 33.7 Å². The van der Waals surface area contributed by atoms with Crippen LogP contribution < -0.4 is 4.74 Å². The minimum Gasteiger partial charge on any atom is -0.424 e. The Kier molecular flexibility index (Phi) is 4.53. The topological polar surface area (TPSA) is 70.7 Å². The second-order valence-corrected chi connectivity index (χ2v) is 6.35. The van der Waals surface area contributed by atoms with Crippen LogP contribution in [0.5, 0.6) is 5.75 Å². The molecule has 0 radical (unpaired) electrons. The predicted molar refractivity (Wildman–Crippen MR) is 103 cm³/mol.